The lowest BCUT2D eigenvalue weighted by atomic mass is 9.99. The van der Waals surface area contributed by atoms with Crippen LogP contribution >= 0.6 is 11.3 Å². The fourth-order valence-electron chi connectivity index (χ4n) is 7.67. The van der Waals surface area contributed by atoms with E-state index in [4.69, 9.17) is 9.47 Å². The van der Waals surface area contributed by atoms with Gasteiger partial charge < -0.3 is 29.8 Å². The highest BCUT2D eigenvalue weighted by Gasteiger charge is 2.28. The molecule has 1 atom stereocenters. The van der Waals surface area contributed by atoms with Crippen LogP contribution in [0.5, 0.6) is 17.4 Å². The van der Waals surface area contributed by atoms with Crippen molar-refractivity contribution in [3.63, 3.8) is 0 Å². The molecule has 0 unspecified atom stereocenters. The van der Waals surface area contributed by atoms with E-state index >= 15 is 0 Å². The zero-order valence-electron chi connectivity index (χ0n) is 34.9. The van der Waals surface area contributed by atoms with E-state index in [1.54, 1.807) is 67.7 Å². The first-order valence-electron chi connectivity index (χ1n) is 20.6. The van der Waals surface area contributed by atoms with Gasteiger partial charge in [0, 0.05) is 81.0 Å². The lowest BCUT2D eigenvalue weighted by molar-refractivity contribution is -0.145. The number of hydrogen-bond acceptors (Lipinski definition) is 15. The molecule has 6 aromatic rings. The summed E-state index contributed by atoms with van der Waals surface area (Å²) in [4.78, 5) is 41.4. The van der Waals surface area contributed by atoms with Crippen LogP contribution < -0.4 is 14.4 Å². The zero-order chi connectivity index (χ0) is 44.7. The van der Waals surface area contributed by atoms with Gasteiger partial charge in [0.25, 0.3) is 0 Å². The van der Waals surface area contributed by atoms with Crippen LogP contribution in [0.2, 0.25) is 0 Å². The number of hydroxylamine groups is 2. The quantitative estimate of drug-likeness (QED) is 0.0596. The summed E-state index contributed by atoms with van der Waals surface area (Å²) < 4.78 is 27.0. The monoisotopic (exact) mass is 887 g/mol. The van der Waals surface area contributed by atoms with Crippen LogP contribution in [0.4, 0.5) is 4.39 Å². The van der Waals surface area contributed by atoms with Crippen LogP contribution in [-0.4, -0.2) is 113 Å². The fourth-order valence-corrected chi connectivity index (χ4v) is 8.84. The van der Waals surface area contributed by atoms with Crippen molar-refractivity contribution in [2.75, 3.05) is 45.8 Å². The molecule has 0 spiro atoms. The average Bonchev–Trinajstić information content (AvgIpc) is 3.70. The molecule has 5 heterocycles. The number of thiophene rings is 1. The Hall–Kier alpha value is -6.60. The highest BCUT2D eigenvalue weighted by atomic mass is 32.1. The molecule has 17 heteroatoms. The van der Waals surface area contributed by atoms with Crippen molar-refractivity contribution in [2.45, 2.75) is 32.6 Å². The maximum Gasteiger partial charge on any atom is 0.345 e. The number of para-hydroxylation sites is 1. The SMILES string of the molecule is C=C1/C=C\C(=C(/C)O)CN(CCN2CCN(O)CC2)Cc2ccc(OCc3ccnc(-c4ccccc4OO)n3)c(c2)C[C@H](C(=O)O)Oc2ncnc3sc(-c4ccc(F)cc4)c1c23. The van der Waals surface area contributed by atoms with Gasteiger partial charge >= 0.3 is 5.97 Å². The minimum atomic E-state index is -1.44. The number of hydrogen-bond donors (Lipinski definition) is 4. The molecule has 0 radical (unpaired) electrons. The molecular formula is C47H46FN7O8S. The average molecular weight is 888 g/mol. The first kappa shape index (κ1) is 44.0. The topological polar surface area (TPSA) is 187 Å². The standard InChI is InChI=1S/C47H46FN7O8S/c1-29-7-9-33(30(2)56)26-54(18-17-53-19-21-55(59)22-20-53)25-31-8-14-38(61-27-36-15-16-49-44(52-36)37-5-3-4-6-39(37)63-60)34(23-31)24-40(47(57)58)62-45-42-41(29)43(64-46(42)51-28-50-45)32-10-12-35(48)13-11-32/h3-16,23,28,40,56,59-60H,1,17-22,24-27H2,2H3,(H,57,58)/b9-7-,33-30-/t40-/m1/s1. The number of ether oxygens (including phenoxy) is 2. The maximum atomic E-state index is 14.2. The number of carbonyl (C=O) groups is 1. The first-order chi connectivity index (χ1) is 31.0. The number of halogens is 1. The van der Waals surface area contributed by atoms with Crippen molar-refractivity contribution in [2.24, 2.45) is 0 Å². The highest BCUT2D eigenvalue weighted by Crippen LogP contribution is 2.45. The zero-order valence-corrected chi connectivity index (χ0v) is 35.7. The molecule has 0 saturated carbocycles. The van der Waals surface area contributed by atoms with E-state index in [2.05, 4.69) is 41.2 Å². The summed E-state index contributed by atoms with van der Waals surface area (Å²) in [5, 5.41) is 43.1. The Balaban J connectivity index is 1.20. The van der Waals surface area contributed by atoms with Crippen LogP contribution in [0.3, 0.4) is 0 Å². The third kappa shape index (κ3) is 10.3. The van der Waals surface area contributed by atoms with Crippen molar-refractivity contribution >= 4 is 33.1 Å². The van der Waals surface area contributed by atoms with E-state index in [9.17, 15) is 29.9 Å². The second kappa shape index (κ2) is 19.8. The van der Waals surface area contributed by atoms with E-state index in [-0.39, 0.29) is 30.4 Å². The number of allylic oxidation sites excluding steroid dienone is 3. The van der Waals surface area contributed by atoms with Crippen LogP contribution in [0.25, 0.3) is 37.6 Å². The summed E-state index contributed by atoms with van der Waals surface area (Å²) in [7, 11) is 0. The molecule has 0 amide bonds. The van der Waals surface area contributed by atoms with Gasteiger partial charge in [-0.3, -0.25) is 9.80 Å². The summed E-state index contributed by atoms with van der Waals surface area (Å²) in [6.45, 7) is 10.6. The molecule has 64 heavy (non-hydrogen) atoms. The van der Waals surface area contributed by atoms with E-state index in [0.717, 1.165) is 5.56 Å². The van der Waals surface area contributed by atoms with Crippen LogP contribution in [0.1, 0.15) is 29.3 Å². The number of carboxylic acid groups (broad SMARTS) is 1. The van der Waals surface area contributed by atoms with E-state index in [0.29, 0.717) is 118 Å². The number of aliphatic carboxylic acids is 1. The van der Waals surface area contributed by atoms with Crippen molar-refractivity contribution in [3.8, 4) is 39.2 Å². The van der Waals surface area contributed by atoms with E-state index in [1.807, 2.05) is 18.2 Å². The molecule has 2 aliphatic heterocycles. The Morgan fingerprint density at radius 1 is 0.938 bits per heavy atom. The number of fused-ring (bicyclic) bond motifs is 2. The lowest BCUT2D eigenvalue weighted by Gasteiger charge is -2.33. The van der Waals surface area contributed by atoms with Crippen LogP contribution in [0, 0.1) is 5.82 Å². The number of nitrogens with zero attached hydrogens (tertiary/aromatic N) is 7. The summed E-state index contributed by atoms with van der Waals surface area (Å²) in [5.74, 6) is -0.589. The Bertz CT molecular complexity index is 2720. The van der Waals surface area contributed by atoms with Gasteiger partial charge in [-0.25, -0.2) is 34.4 Å². The van der Waals surface area contributed by atoms with Crippen molar-refractivity contribution in [1.29, 1.82) is 0 Å². The second-order valence-electron chi connectivity index (χ2n) is 15.5. The molecule has 1 fully saturated rings. The number of aromatic nitrogens is 4. The van der Waals surface area contributed by atoms with Gasteiger partial charge in [-0.15, -0.1) is 11.3 Å². The molecule has 330 valence electrons. The third-order valence-corrected chi connectivity index (χ3v) is 12.2. The Morgan fingerprint density at radius 2 is 1.72 bits per heavy atom. The molecule has 4 N–H and O–H groups in total. The smallest absolute Gasteiger partial charge is 0.345 e. The Labute approximate surface area is 372 Å². The predicted octanol–water partition coefficient (Wildman–Crippen LogP) is 7.68. The molecule has 0 aliphatic carbocycles. The lowest BCUT2D eigenvalue weighted by Crippen LogP contribution is -2.47. The highest BCUT2D eigenvalue weighted by molar-refractivity contribution is 7.22. The predicted molar refractivity (Wildman–Crippen MR) is 239 cm³/mol. The van der Waals surface area contributed by atoms with Crippen molar-refractivity contribution < 1.29 is 44.2 Å². The second-order valence-corrected chi connectivity index (χ2v) is 16.5. The number of rotatable bonds is 10. The number of aliphatic hydroxyl groups excluding tert-OH is 1. The number of piperazine rings is 1. The fraction of sp³-hybridized carbons (Fsp3) is 0.255. The van der Waals surface area contributed by atoms with Crippen LogP contribution in [0.15, 0.2) is 115 Å². The number of aliphatic hydroxyl groups is 1. The first-order valence-corrected chi connectivity index (χ1v) is 21.4. The summed E-state index contributed by atoms with van der Waals surface area (Å²) in [6.07, 6.45) is 4.93. The molecule has 8 rings (SSSR count). The molecule has 1 saturated heterocycles. The normalized spacial score (nSPS) is 18.1. The van der Waals surface area contributed by atoms with E-state index < -0.39 is 17.9 Å². The molecule has 3 aromatic carbocycles. The van der Waals surface area contributed by atoms with Crippen molar-refractivity contribution in [3.05, 3.63) is 144 Å². The van der Waals surface area contributed by atoms with Gasteiger partial charge in [0.05, 0.1) is 22.4 Å². The van der Waals surface area contributed by atoms with Gasteiger partial charge in [-0.2, -0.15) is 5.06 Å². The number of benzene rings is 3. The third-order valence-electron chi connectivity index (χ3n) is 11.1. The minimum absolute atomic E-state index is 0.00875. The summed E-state index contributed by atoms with van der Waals surface area (Å²) in [5.41, 5.74) is 4.82. The molecular weight excluding hydrogens is 842 g/mol. The van der Waals surface area contributed by atoms with Crippen molar-refractivity contribution in [1.82, 2.24) is 34.8 Å². The van der Waals surface area contributed by atoms with Crippen LogP contribution in [-0.2, 0) is 24.4 Å². The van der Waals surface area contributed by atoms with Gasteiger partial charge in [0.2, 0.25) is 12.0 Å². The summed E-state index contributed by atoms with van der Waals surface area (Å²) in [6, 6.07) is 20.2. The molecule has 3 aromatic heterocycles. The minimum Gasteiger partial charge on any atom is -0.512 e. The molecule has 2 aliphatic rings. The number of carboxylic acids is 1. The van der Waals surface area contributed by atoms with Gasteiger partial charge in [-0.1, -0.05) is 55.1 Å². The van der Waals surface area contributed by atoms with Gasteiger partial charge in [-0.05, 0) is 65.6 Å². The molecule has 2 bridgehead atoms. The van der Waals surface area contributed by atoms with E-state index in [1.165, 1.54) is 34.9 Å². The molecule has 15 nitrogen and oxygen atoms in total. The summed E-state index contributed by atoms with van der Waals surface area (Å²) >= 11 is 1.31. The van der Waals surface area contributed by atoms with Gasteiger partial charge in [0.1, 0.15) is 29.3 Å². The Morgan fingerprint density at radius 3 is 2.48 bits per heavy atom. The maximum absolute atomic E-state index is 14.2. The Kier molecular flexibility index (Phi) is 13.6. The van der Waals surface area contributed by atoms with Gasteiger partial charge in [0.15, 0.2) is 11.6 Å². The largest absolute Gasteiger partial charge is 0.512 e.